The van der Waals surface area contributed by atoms with Crippen molar-refractivity contribution in [3.05, 3.63) is 18.0 Å². The quantitative estimate of drug-likeness (QED) is 0.725. The standard InChI is InChI=1S/C11H19N3O/c1-9(2)4-3-7-15-11-13-6-5-10(8-12)14-11/h5-6,9H,3-4,7-8,12H2,1-2H3. The number of rotatable bonds is 6. The van der Waals surface area contributed by atoms with Crippen LogP contribution in [0.1, 0.15) is 32.4 Å². The summed E-state index contributed by atoms with van der Waals surface area (Å²) < 4.78 is 5.42. The van der Waals surface area contributed by atoms with Crippen molar-refractivity contribution in [2.45, 2.75) is 33.2 Å². The van der Waals surface area contributed by atoms with E-state index >= 15 is 0 Å². The first kappa shape index (κ1) is 11.9. The summed E-state index contributed by atoms with van der Waals surface area (Å²) in [5, 5.41) is 0. The number of aromatic nitrogens is 2. The molecule has 0 aliphatic heterocycles. The molecule has 1 aromatic heterocycles. The summed E-state index contributed by atoms with van der Waals surface area (Å²) in [4.78, 5) is 8.16. The minimum atomic E-state index is 0.422. The smallest absolute Gasteiger partial charge is 0.316 e. The van der Waals surface area contributed by atoms with Gasteiger partial charge in [-0.1, -0.05) is 13.8 Å². The minimum absolute atomic E-state index is 0.422. The molecule has 0 bridgehead atoms. The minimum Gasteiger partial charge on any atom is -0.463 e. The summed E-state index contributed by atoms with van der Waals surface area (Å²) in [7, 11) is 0. The van der Waals surface area contributed by atoms with Crippen molar-refractivity contribution < 1.29 is 4.74 Å². The second-order valence-electron chi connectivity index (χ2n) is 3.92. The Morgan fingerprint density at radius 3 is 2.93 bits per heavy atom. The highest BCUT2D eigenvalue weighted by molar-refractivity contribution is 5.04. The van der Waals surface area contributed by atoms with Gasteiger partial charge >= 0.3 is 6.01 Å². The SMILES string of the molecule is CC(C)CCCOc1nccc(CN)n1. The van der Waals surface area contributed by atoms with Crippen molar-refractivity contribution in [3.63, 3.8) is 0 Å². The molecule has 0 fully saturated rings. The molecule has 0 aromatic carbocycles. The highest BCUT2D eigenvalue weighted by Gasteiger charge is 1.99. The third-order valence-electron chi connectivity index (χ3n) is 2.06. The molecule has 1 aromatic rings. The highest BCUT2D eigenvalue weighted by Crippen LogP contribution is 2.06. The molecule has 0 aliphatic rings. The van der Waals surface area contributed by atoms with Gasteiger partial charge < -0.3 is 10.5 Å². The number of hydrogen-bond acceptors (Lipinski definition) is 4. The fourth-order valence-corrected chi connectivity index (χ4v) is 1.21. The van der Waals surface area contributed by atoms with E-state index in [9.17, 15) is 0 Å². The molecule has 4 heteroatoms. The van der Waals surface area contributed by atoms with Gasteiger partial charge in [-0.15, -0.1) is 0 Å². The topological polar surface area (TPSA) is 61.0 Å². The largest absolute Gasteiger partial charge is 0.463 e. The highest BCUT2D eigenvalue weighted by atomic mass is 16.5. The first-order valence-corrected chi connectivity index (χ1v) is 5.37. The van der Waals surface area contributed by atoms with Crippen LogP contribution >= 0.6 is 0 Å². The lowest BCUT2D eigenvalue weighted by Crippen LogP contribution is -2.05. The van der Waals surface area contributed by atoms with E-state index in [1.165, 1.54) is 0 Å². The van der Waals surface area contributed by atoms with Gasteiger partial charge in [0.15, 0.2) is 0 Å². The Hall–Kier alpha value is -1.16. The Kier molecular flexibility index (Phi) is 5.04. The lowest BCUT2D eigenvalue weighted by molar-refractivity contribution is 0.275. The summed E-state index contributed by atoms with van der Waals surface area (Å²) in [5.41, 5.74) is 6.28. The van der Waals surface area contributed by atoms with Crippen molar-refractivity contribution in [2.75, 3.05) is 6.61 Å². The van der Waals surface area contributed by atoms with Crippen molar-refractivity contribution in [2.24, 2.45) is 11.7 Å². The van der Waals surface area contributed by atoms with E-state index in [-0.39, 0.29) is 0 Å². The van der Waals surface area contributed by atoms with Crippen molar-refractivity contribution in [1.82, 2.24) is 9.97 Å². The molecule has 0 spiro atoms. The average Bonchev–Trinajstić information content (AvgIpc) is 2.24. The van der Waals surface area contributed by atoms with E-state index in [1.807, 2.05) is 0 Å². The summed E-state index contributed by atoms with van der Waals surface area (Å²) >= 11 is 0. The third-order valence-corrected chi connectivity index (χ3v) is 2.06. The molecule has 84 valence electrons. The second kappa shape index (κ2) is 6.35. The maximum atomic E-state index is 5.47. The first-order chi connectivity index (χ1) is 7.22. The lowest BCUT2D eigenvalue weighted by atomic mass is 10.1. The molecule has 15 heavy (non-hydrogen) atoms. The molecule has 0 saturated carbocycles. The maximum absolute atomic E-state index is 5.47. The van der Waals surface area contributed by atoms with Crippen LogP contribution in [-0.2, 0) is 6.54 Å². The van der Waals surface area contributed by atoms with Gasteiger partial charge in [0.2, 0.25) is 0 Å². The molecular weight excluding hydrogens is 190 g/mol. The van der Waals surface area contributed by atoms with Crippen LogP contribution in [0, 0.1) is 5.92 Å². The molecule has 0 saturated heterocycles. The molecule has 0 atom stereocenters. The Labute approximate surface area is 90.9 Å². The van der Waals surface area contributed by atoms with E-state index in [1.54, 1.807) is 12.3 Å². The molecule has 0 aliphatic carbocycles. The number of hydrogen-bond donors (Lipinski definition) is 1. The van der Waals surface area contributed by atoms with Gasteiger partial charge in [-0.05, 0) is 24.8 Å². The van der Waals surface area contributed by atoms with Crippen molar-refractivity contribution >= 4 is 0 Å². The Bertz CT molecular complexity index is 289. The van der Waals surface area contributed by atoms with E-state index in [4.69, 9.17) is 10.5 Å². The zero-order valence-electron chi connectivity index (χ0n) is 9.44. The molecule has 0 amide bonds. The second-order valence-corrected chi connectivity index (χ2v) is 3.92. The van der Waals surface area contributed by atoms with Crippen LogP contribution in [0.2, 0.25) is 0 Å². The zero-order valence-corrected chi connectivity index (χ0v) is 9.44. The summed E-state index contributed by atoms with van der Waals surface area (Å²) in [6.45, 7) is 5.49. The number of nitrogens with zero attached hydrogens (tertiary/aromatic N) is 2. The van der Waals surface area contributed by atoms with Crippen molar-refractivity contribution in [1.29, 1.82) is 0 Å². The Morgan fingerprint density at radius 1 is 1.47 bits per heavy atom. The van der Waals surface area contributed by atoms with Gasteiger partial charge in [-0.2, -0.15) is 4.98 Å². The Balaban J connectivity index is 2.30. The van der Waals surface area contributed by atoms with Gasteiger partial charge in [0, 0.05) is 12.7 Å². The predicted octanol–water partition coefficient (Wildman–Crippen LogP) is 1.75. The molecular formula is C11H19N3O. The van der Waals surface area contributed by atoms with E-state index in [0.717, 1.165) is 18.5 Å². The molecule has 1 rings (SSSR count). The van der Waals surface area contributed by atoms with E-state index in [0.29, 0.717) is 25.1 Å². The van der Waals surface area contributed by atoms with Crippen LogP contribution in [0.4, 0.5) is 0 Å². The van der Waals surface area contributed by atoms with E-state index in [2.05, 4.69) is 23.8 Å². The van der Waals surface area contributed by atoms with E-state index < -0.39 is 0 Å². The molecule has 0 radical (unpaired) electrons. The van der Waals surface area contributed by atoms with Gasteiger partial charge in [0.25, 0.3) is 0 Å². The summed E-state index contributed by atoms with van der Waals surface area (Å²) in [5.74, 6) is 0.713. The van der Waals surface area contributed by atoms with Crippen LogP contribution < -0.4 is 10.5 Å². The van der Waals surface area contributed by atoms with Gasteiger partial charge in [-0.3, -0.25) is 0 Å². The molecule has 1 heterocycles. The fourth-order valence-electron chi connectivity index (χ4n) is 1.21. The maximum Gasteiger partial charge on any atom is 0.316 e. The van der Waals surface area contributed by atoms with Crippen LogP contribution in [0.3, 0.4) is 0 Å². The molecule has 4 nitrogen and oxygen atoms in total. The Morgan fingerprint density at radius 2 is 2.27 bits per heavy atom. The van der Waals surface area contributed by atoms with Crippen LogP contribution in [0.5, 0.6) is 6.01 Å². The van der Waals surface area contributed by atoms with Crippen LogP contribution in [0.25, 0.3) is 0 Å². The average molecular weight is 209 g/mol. The lowest BCUT2D eigenvalue weighted by Gasteiger charge is -2.06. The fraction of sp³-hybridized carbons (Fsp3) is 0.636. The normalized spacial score (nSPS) is 10.7. The molecule has 2 N–H and O–H groups in total. The predicted molar refractivity (Wildman–Crippen MR) is 59.5 cm³/mol. The van der Waals surface area contributed by atoms with Gasteiger partial charge in [0.05, 0.1) is 12.3 Å². The summed E-state index contributed by atoms with van der Waals surface area (Å²) in [6.07, 6.45) is 3.87. The van der Waals surface area contributed by atoms with Crippen LogP contribution in [0.15, 0.2) is 12.3 Å². The van der Waals surface area contributed by atoms with Gasteiger partial charge in [-0.25, -0.2) is 4.98 Å². The van der Waals surface area contributed by atoms with Gasteiger partial charge in [0.1, 0.15) is 0 Å². The van der Waals surface area contributed by atoms with Crippen molar-refractivity contribution in [3.8, 4) is 6.01 Å². The summed E-state index contributed by atoms with van der Waals surface area (Å²) in [6, 6.07) is 2.22. The third kappa shape index (κ3) is 4.74. The monoisotopic (exact) mass is 209 g/mol. The number of nitrogens with two attached hydrogens (primary N) is 1. The molecule has 0 unspecified atom stereocenters. The van der Waals surface area contributed by atoms with Crippen LogP contribution in [-0.4, -0.2) is 16.6 Å². The number of ether oxygens (including phenoxy) is 1. The first-order valence-electron chi connectivity index (χ1n) is 5.37. The zero-order chi connectivity index (χ0) is 11.1.